The first-order valence-corrected chi connectivity index (χ1v) is 48.2. The number of aromatic nitrogens is 4. The standard InChI is InChI=1S/C36H23NS.2C30H19NS.C28H17NS/c1-3-11-24(12-4-1)26-19-27(25-13-5-2-6-14-25)21-28(20-26)37-33-17-9-7-15-29(33)31-23-36-32(22-34(31)37)30-16-8-10-18-35(30)38-36;1-2-9-20(10-3-1)21-11-8-12-22(17-21)31-27-15-6-4-13-23(27)25-19-30-26(18-28(25)31)24-14-5-7-16-29(24)32-30;1-2-8-20(9-3-1)21-14-16-22(17-15-21)31-27-12-6-4-10-23(27)25-19-30-26(18-28(25)31)24-11-5-7-13-29(24)32-30;1-2-8-19-15-20(14-13-18(19)7-1)29-25-11-5-3-9-21(25)23-17-28-24(16-26(23)29)22-10-4-6-12-27(22)30-28/h1-23H;2*1-19H;1-17H. The number of fused-ring (bicyclic) bond motifs is 25. The van der Waals surface area contributed by atoms with Crippen molar-refractivity contribution in [3.8, 4) is 67.3 Å². The molecule has 29 rings (SSSR count). The topological polar surface area (TPSA) is 19.7 Å². The maximum atomic E-state index is 2.45. The van der Waals surface area contributed by atoms with Gasteiger partial charge in [-0.15, -0.1) is 45.3 Å². The van der Waals surface area contributed by atoms with Gasteiger partial charge in [-0.2, -0.15) is 0 Å². The molecular formula is C124H78N4S4. The van der Waals surface area contributed by atoms with Crippen LogP contribution in [-0.4, -0.2) is 18.3 Å². The molecular weight excluding hydrogens is 1670 g/mol. The molecule has 0 amide bonds. The molecule has 0 aliphatic rings. The highest BCUT2D eigenvalue weighted by Gasteiger charge is 2.23. The molecule has 0 aliphatic carbocycles. The first-order chi connectivity index (χ1) is 65.4. The monoisotopic (exact) mass is 1750 g/mol. The first-order valence-electron chi connectivity index (χ1n) is 44.9. The van der Waals surface area contributed by atoms with Crippen molar-refractivity contribution in [3.63, 3.8) is 0 Å². The second kappa shape index (κ2) is 32.0. The van der Waals surface area contributed by atoms with E-state index in [1.165, 1.54) is 246 Å². The average Bonchev–Trinajstić information content (AvgIpc) is 1.57. The van der Waals surface area contributed by atoms with Crippen LogP contribution in [0.1, 0.15) is 0 Å². The van der Waals surface area contributed by atoms with E-state index in [1.54, 1.807) is 0 Å². The number of benzene rings is 21. The first kappa shape index (κ1) is 77.1. The number of hydrogen-bond donors (Lipinski definition) is 0. The minimum absolute atomic E-state index is 1.18. The zero-order valence-corrected chi connectivity index (χ0v) is 74.7. The highest BCUT2D eigenvalue weighted by atomic mass is 32.1. The van der Waals surface area contributed by atoms with Crippen LogP contribution in [0.2, 0.25) is 0 Å². The van der Waals surface area contributed by atoms with E-state index in [9.17, 15) is 0 Å². The summed E-state index contributed by atoms with van der Waals surface area (Å²) in [7, 11) is 0. The molecule has 618 valence electrons. The van der Waals surface area contributed by atoms with Gasteiger partial charge in [0.05, 0.1) is 44.1 Å². The largest absolute Gasteiger partial charge is 0.309 e. The molecule has 0 spiro atoms. The molecule has 0 N–H and O–H groups in total. The molecule has 0 saturated heterocycles. The summed E-state index contributed by atoms with van der Waals surface area (Å²) in [5.74, 6) is 0. The smallest absolute Gasteiger partial charge is 0.0548 e. The van der Waals surface area contributed by atoms with Crippen molar-refractivity contribution in [2.75, 3.05) is 0 Å². The number of nitrogens with zero attached hydrogens (tertiary/aromatic N) is 4. The normalized spacial score (nSPS) is 11.8. The Balaban J connectivity index is 0.0000000926. The molecule has 4 nitrogen and oxygen atoms in total. The Morgan fingerprint density at radius 1 is 0.114 bits per heavy atom. The predicted molar refractivity (Wildman–Crippen MR) is 574 cm³/mol. The lowest BCUT2D eigenvalue weighted by Gasteiger charge is -2.14. The van der Waals surface area contributed by atoms with Crippen LogP contribution in [0.15, 0.2) is 473 Å². The lowest BCUT2D eigenvalue weighted by Crippen LogP contribution is -1.96. The van der Waals surface area contributed by atoms with E-state index in [1.807, 2.05) is 45.3 Å². The molecule has 0 fully saturated rings. The molecule has 21 aromatic carbocycles. The van der Waals surface area contributed by atoms with Gasteiger partial charge < -0.3 is 18.3 Å². The van der Waals surface area contributed by atoms with Crippen LogP contribution in [0.25, 0.3) is 246 Å². The van der Waals surface area contributed by atoms with Crippen LogP contribution in [0.4, 0.5) is 0 Å². The summed E-state index contributed by atoms with van der Waals surface area (Å²) in [6.07, 6.45) is 0. The van der Waals surface area contributed by atoms with E-state index in [-0.39, 0.29) is 0 Å². The van der Waals surface area contributed by atoms with E-state index in [2.05, 4.69) is 491 Å². The molecule has 0 bridgehead atoms. The van der Waals surface area contributed by atoms with E-state index in [4.69, 9.17) is 0 Å². The Morgan fingerprint density at radius 3 is 0.758 bits per heavy atom. The Morgan fingerprint density at radius 2 is 0.379 bits per heavy atom. The van der Waals surface area contributed by atoms with E-state index in [0.717, 1.165) is 0 Å². The van der Waals surface area contributed by atoms with Gasteiger partial charge in [0.25, 0.3) is 0 Å². The number of rotatable bonds is 8. The van der Waals surface area contributed by atoms with Crippen molar-refractivity contribution in [1.82, 2.24) is 18.3 Å². The maximum absolute atomic E-state index is 2.45. The number of thiophene rings is 4. The predicted octanol–water partition coefficient (Wildman–Crippen LogP) is 36.4. The summed E-state index contributed by atoms with van der Waals surface area (Å²) in [6.45, 7) is 0. The van der Waals surface area contributed by atoms with E-state index >= 15 is 0 Å². The minimum atomic E-state index is 1.18. The molecule has 0 aliphatic heterocycles. The van der Waals surface area contributed by atoms with Crippen molar-refractivity contribution in [3.05, 3.63) is 473 Å². The van der Waals surface area contributed by atoms with Gasteiger partial charge in [-0.1, -0.05) is 322 Å². The molecule has 0 saturated carbocycles. The van der Waals surface area contributed by atoms with Crippen LogP contribution in [0.5, 0.6) is 0 Å². The van der Waals surface area contributed by atoms with Crippen molar-refractivity contribution in [2.24, 2.45) is 0 Å². The van der Waals surface area contributed by atoms with Crippen molar-refractivity contribution in [1.29, 1.82) is 0 Å². The van der Waals surface area contributed by atoms with Crippen LogP contribution >= 0.6 is 45.3 Å². The Labute approximate surface area is 776 Å². The highest BCUT2D eigenvalue weighted by molar-refractivity contribution is 7.27. The van der Waals surface area contributed by atoms with Crippen LogP contribution < -0.4 is 0 Å². The fraction of sp³-hybridized carbons (Fsp3) is 0. The van der Waals surface area contributed by atoms with Gasteiger partial charge in [0, 0.05) is 147 Å². The second-order valence-corrected chi connectivity index (χ2v) is 38.5. The molecule has 8 aromatic heterocycles. The summed E-state index contributed by atoms with van der Waals surface area (Å²) in [5.41, 5.74) is 24.6. The van der Waals surface area contributed by atoms with E-state index in [0.29, 0.717) is 0 Å². The third kappa shape index (κ3) is 13.2. The number of hydrogen-bond acceptors (Lipinski definition) is 4. The maximum Gasteiger partial charge on any atom is 0.0548 e. The molecule has 0 radical (unpaired) electrons. The Kier molecular flexibility index (Phi) is 18.7. The van der Waals surface area contributed by atoms with Gasteiger partial charge in [0.15, 0.2) is 0 Å². The fourth-order valence-corrected chi connectivity index (χ4v) is 24.9. The summed E-state index contributed by atoms with van der Waals surface area (Å²) in [5, 5.41) is 23.6. The quantitative estimate of drug-likeness (QED) is 0.144. The second-order valence-electron chi connectivity index (χ2n) is 34.1. The number of para-hydroxylation sites is 4. The summed E-state index contributed by atoms with van der Waals surface area (Å²) < 4.78 is 20.5. The van der Waals surface area contributed by atoms with Crippen LogP contribution in [0, 0.1) is 0 Å². The molecule has 8 heterocycles. The SMILES string of the molecule is c1ccc(-c2cc(-c3ccccc3)cc(-n3c4ccccc4c4cc5sc6ccccc6c5cc43)c2)cc1.c1ccc(-c2ccc(-n3c4ccccc4c4cc5sc6ccccc6c5cc43)cc2)cc1.c1ccc(-c2cccc(-n3c4ccccc4c4cc5sc6ccccc6c5cc43)c2)cc1.c1ccc2cc(-n3c4ccccc4c4cc5sc6ccccc6c5cc43)ccc2c1. The van der Waals surface area contributed by atoms with Crippen molar-refractivity contribution < 1.29 is 0 Å². The van der Waals surface area contributed by atoms with Gasteiger partial charge in [0.1, 0.15) is 0 Å². The fourth-order valence-electron chi connectivity index (χ4n) is 20.4. The van der Waals surface area contributed by atoms with Gasteiger partial charge >= 0.3 is 0 Å². The highest BCUT2D eigenvalue weighted by Crippen LogP contribution is 2.48. The summed E-state index contributed by atoms with van der Waals surface area (Å²) >= 11 is 7.52. The minimum Gasteiger partial charge on any atom is -0.309 e. The van der Waals surface area contributed by atoms with Gasteiger partial charge in [-0.25, -0.2) is 0 Å². The average molecular weight is 1750 g/mol. The van der Waals surface area contributed by atoms with Gasteiger partial charge in [0.2, 0.25) is 0 Å². The Hall–Kier alpha value is -16.0. The van der Waals surface area contributed by atoms with Gasteiger partial charge in [-0.3, -0.25) is 0 Å². The van der Waals surface area contributed by atoms with Crippen LogP contribution in [-0.2, 0) is 0 Å². The third-order valence-electron chi connectivity index (χ3n) is 26.5. The molecule has 8 heteroatoms. The lowest BCUT2D eigenvalue weighted by atomic mass is 9.98. The van der Waals surface area contributed by atoms with Crippen molar-refractivity contribution >= 4 is 224 Å². The zero-order chi connectivity index (χ0) is 86.9. The van der Waals surface area contributed by atoms with E-state index < -0.39 is 0 Å². The molecule has 29 aromatic rings. The summed E-state index contributed by atoms with van der Waals surface area (Å²) in [6, 6.07) is 172. The van der Waals surface area contributed by atoms with Gasteiger partial charge in [-0.05, 0) is 207 Å². The molecule has 132 heavy (non-hydrogen) atoms. The molecule has 0 unspecified atom stereocenters. The molecule has 0 atom stereocenters. The lowest BCUT2D eigenvalue weighted by molar-refractivity contribution is 1.18. The third-order valence-corrected chi connectivity index (χ3v) is 31.0. The Bertz CT molecular complexity index is 9540. The van der Waals surface area contributed by atoms with Crippen molar-refractivity contribution in [2.45, 2.75) is 0 Å². The summed E-state index contributed by atoms with van der Waals surface area (Å²) in [4.78, 5) is 0. The van der Waals surface area contributed by atoms with Crippen LogP contribution in [0.3, 0.4) is 0 Å². The zero-order valence-electron chi connectivity index (χ0n) is 71.5.